The minimum atomic E-state index is -0.716. The molecule has 5 nitrogen and oxygen atoms in total. The summed E-state index contributed by atoms with van der Waals surface area (Å²) >= 11 is 0. The van der Waals surface area contributed by atoms with E-state index in [-0.39, 0.29) is 24.1 Å². The molecule has 1 saturated heterocycles. The van der Waals surface area contributed by atoms with Gasteiger partial charge in [-0.25, -0.2) is 4.39 Å². The zero-order valence-electron chi connectivity index (χ0n) is 14.4. The Morgan fingerprint density at radius 2 is 1.88 bits per heavy atom. The maximum Gasteiger partial charge on any atom is 0.247 e. The zero-order chi connectivity index (χ0) is 18.4. The van der Waals surface area contributed by atoms with Gasteiger partial charge in [0.1, 0.15) is 17.6 Å². The van der Waals surface area contributed by atoms with Gasteiger partial charge in [0.05, 0.1) is 6.61 Å². The topological polar surface area (TPSA) is 58.6 Å². The van der Waals surface area contributed by atoms with Crippen LogP contribution in [0.15, 0.2) is 54.6 Å². The largest absolute Gasteiger partial charge is 0.494 e. The van der Waals surface area contributed by atoms with Gasteiger partial charge < -0.3 is 15.0 Å². The van der Waals surface area contributed by atoms with Gasteiger partial charge in [-0.2, -0.15) is 0 Å². The number of amides is 2. The van der Waals surface area contributed by atoms with E-state index in [1.165, 1.54) is 12.1 Å². The number of rotatable bonds is 6. The lowest BCUT2D eigenvalue weighted by atomic mass is 10.0. The fourth-order valence-corrected chi connectivity index (χ4v) is 2.99. The molecule has 1 aliphatic rings. The van der Waals surface area contributed by atoms with E-state index < -0.39 is 6.04 Å². The highest BCUT2D eigenvalue weighted by atomic mass is 19.1. The summed E-state index contributed by atoms with van der Waals surface area (Å²) in [6, 6.07) is 14.4. The molecule has 136 valence electrons. The highest BCUT2D eigenvalue weighted by molar-refractivity contribution is 5.89. The van der Waals surface area contributed by atoms with Crippen LogP contribution >= 0.6 is 0 Å². The molecule has 26 heavy (non-hydrogen) atoms. The van der Waals surface area contributed by atoms with Gasteiger partial charge in [0.25, 0.3) is 0 Å². The van der Waals surface area contributed by atoms with Crippen LogP contribution in [0.5, 0.6) is 5.75 Å². The quantitative estimate of drug-likeness (QED) is 0.810. The number of para-hydroxylation sites is 1. The van der Waals surface area contributed by atoms with Crippen LogP contribution in [-0.4, -0.2) is 36.4 Å². The van der Waals surface area contributed by atoms with Gasteiger partial charge in [-0.15, -0.1) is 0 Å². The average molecular weight is 356 g/mol. The van der Waals surface area contributed by atoms with Gasteiger partial charge in [-0.05, 0) is 36.2 Å². The summed E-state index contributed by atoms with van der Waals surface area (Å²) in [6.45, 7) is 1.28. The molecule has 0 aliphatic carbocycles. The van der Waals surface area contributed by atoms with E-state index >= 15 is 0 Å². The molecule has 6 heteroatoms. The Morgan fingerprint density at radius 3 is 2.62 bits per heavy atom. The second kappa shape index (κ2) is 8.47. The van der Waals surface area contributed by atoms with Crippen molar-refractivity contribution in [1.29, 1.82) is 0 Å². The van der Waals surface area contributed by atoms with Gasteiger partial charge in [0.15, 0.2) is 0 Å². The molecule has 0 spiro atoms. The Morgan fingerprint density at radius 1 is 1.15 bits per heavy atom. The van der Waals surface area contributed by atoms with E-state index in [4.69, 9.17) is 4.74 Å². The SMILES string of the molecule is O=C1NCCN(C(=O)CCCOc2ccccc2)C1c1ccc(F)cc1. The van der Waals surface area contributed by atoms with Crippen molar-refractivity contribution in [2.45, 2.75) is 18.9 Å². The number of nitrogens with zero attached hydrogens (tertiary/aromatic N) is 1. The molecule has 0 aromatic heterocycles. The van der Waals surface area contributed by atoms with Gasteiger partial charge >= 0.3 is 0 Å². The molecule has 1 fully saturated rings. The van der Waals surface area contributed by atoms with Crippen LogP contribution in [0.2, 0.25) is 0 Å². The molecule has 1 unspecified atom stereocenters. The fourth-order valence-electron chi connectivity index (χ4n) is 2.99. The van der Waals surface area contributed by atoms with Crippen LogP contribution in [-0.2, 0) is 9.59 Å². The Labute approximate surface area is 151 Å². The Balaban J connectivity index is 1.58. The minimum absolute atomic E-state index is 0.106. The van der Waals surface area contributed by atoms with Crippen molar-refractivity contribution >= 4 is 11.8 Å². The predicted molar refractivity (Wildman–Crippen MR) is 95.0 cm³/mol. The summed E-state index contributed by atoms with van der Waals surface area (Å²) in [4.78, 5) is 26.5. The second-order valence-corrected chi connectivity index (χ2v) is 6.10. The first-order chi connectivity index (χ1) is 12.6. The number of carbonyl (C=O) groups excluding carboxylic acids is 2. The molecule has 0 radical (unpaired) electrons. The van der Waals surface area contributed by atoms with E-state index in [0.29, 0.717) is 31.7 Å². The van der Waals surface area contributed by atoms with Crippen LogP contribution in [0.3, 0.4) is 0 Å². The molecule has 1 N–H and O–H groups in total. The van der Waals surface area contributed by atoms with E-state index in [1.807, 2.05) is 30.3 Å². The molecule has 1 heterocycles. The molecular weight excluding hydrogens is 335 g/mol. The maximum absolute atomic E-state index is 13.2. The van der Waals surface area contributed by atoms with Gasteiger partial charge in [-0.1, -0.05) is 30.3 Å². The Bertz CT molecular complexity index is 749. The average Bonchev–Trinajstić information content (AvgIpc) is 2.66. The number of halogens is 1. The summed E-state index contributed by atoms with van der Waals surface area (Å²) in [6.07, 6.45) is 0.847. The summed E-state index contributed by atoms with van der Waals surface area (Å²) in [7, 11) is 0. The first kappa shape index (κ1) is 17.9. The Kier molecular flexibility index (Phi) is 5.84. The van der Waals surface area contributed by atoms with Crippen molar-refractivity contribution in [3.05, 3.63) is 66.0 Å². The normalized spacial score (nSPS) is 16.9. The third-order valence-corrected chi connectivity index (χ3v) is 4.26. The number of piperazine rings is 1. The molecule has 2 amide bonds. The molecule has 0 saturated carbocycles. The first-order valence-corrected chi connectivity index (χ1v) is 8.65. The Hall–Kier alpha value is -2.89. The van der Waals surface area contributed by atoms with E-state index in [1.54, 1.807) is 17.0 Å². The number of benzene rings is 2. The van der Waals surface area contributed by atoms with E-state index in [9.17, 15) is 14.0 Å². The van der Waals surface area contributed by atoms with Gasteiger partial charge in [0.2, 0.25) is 11.8 Å². The lowest BCUT2D eigenvalue weighted by Gasteiger charge is -2.35. The van der Waals surface area contributed by atoms with Gasteiger partial charge in [-0.3, -0.25) is 9.59 Å². The van der Waals surface area contributed by atoms with Crippen molar-refractivity contribution in [3.63, 3.8) is 0 Å². The number of hydrogen-bond acceptors (Lipinski definition) is 3. The van der Waals surface area contributed by atoms with Crippen molar-refractivity contribution in [1.82, 2.24) is 10.2 Å². The summed E-state index contributed by atoms with van der Waals surface area (Å²) in [5.41, 5.74) is 0.609. The van der Waals surface area contributed by atoms with Crippen molar-refractivity contribution < 1.29 is 18.7 Å². The maximum atomic E-state index is 13.2. The smallest absolute Gasteiger partial charge is 0.247 e. The number of nitrogens with one attached hydrogen (secondary N) is 1. The summed E-state index contributed by atoms with van der Waals surface area (Å²) < 4.78 is 18.8. The van der Waals surface area contributed by atoms with Crippen LogP contribution in [0.4, 0.5) is 4.39 Å². The lowest BCUT2D eigenvalue weighted by molar-refractivity contribution is -0.143. The fraction of sp³-hybridized carbons (Fsp3) is 0.300. The van der Waals surface area contributed by atoms with E-state index in [2.05, 4.69) is 5.32 Å². The number of ether oxygens (including phenoxy) is 1. The summed E-state index contributed by atoms with van der Waals surface area (Å²) in [5.74, 6) is 0.0463. The first-order valence-electron chi connectivity index (χ1n) is 8.65. The molecule has 3 rings (SSSR count). The molecule has 2 aromatic carbocycles. The predicted octanol–water partition coefficient (Wildman–Crippen LogP) is 2.68. The number of hydrogen-bond donors (Lipinski definition) is 1. The molecular formula is C20H21FN2O3. The van der Waals surface area contributed by atoms with Crippen LogP contribution in [0.25, 0.3) is 0 Å². The van der Waals surface area contributed by atoms with Crippen LogP contribution in [0.1, 0.15) is 24.4 Å². The third-order valence-electron chi connectivity index (χ3n) is 4.26. The summed E-state index contributed by atoms with van der Waals surface area (Å²) in [5, 5.41) is 2.77. The third kappa shape index (κ3) is 4.39. The standard InChI is InChI=1S/C20H21FN2O3/c21-16-10-8-15(9-11-16)19-20(25)22-12-13-23(19)18(24)7-4-14-26-17-5-2-1-3-6-17/h1-3,5-6,8-11,19H,4,7,12-14H2,(H,22,25). The van der Waals surface area contributed by atoms with Crippen LogP contribution < -0.4 is 10.1 Å². The zero-order valence-corrected chi connectivity index (χ0v) is 14.4. The lowest BCUT2D eigenvalue weighted by Crippen LogP contribution is -2.52. The van der Waals surface area contributed by atoms with Crippen molar-refractivity contribution in [3.8, 4) is 5.75 Å². The van der Waals surface area contributed by atoms with Crippen molar-refractivity contribution in [2.75, 3.05) is 19.7 Å². The highest BCUT2D eigenvalue weighted by Crippen LogP contribution is 2.24. The minimum Gasteiger partial charge on any atom is -0.494 e. The molecule has 2 aromatic rings. The van der Waals surface area contributed by atoms with Gasteiger partial charge in [0, 0.05) is 19.5 Å². The van der Waals surface area contributed by atoms with E-state index in [0.717, 1.165) is 5.75 Å². The molecule has 0 bridgehead atoms. The molecule has 1 aliphatic heterocycles. The highest BCUT2D eigenvalue weighted by Gasteiger charge is 2.33. The van der Waals surface area contributed by atoms with Crippen molar-refractivity contribution in [2.24, 2.45) is 0 Å². The number of carbonyl (C=O) groups is 2. The van der Waals surface area contributed by atoms with Crippen LogP contribution in [0, 0.1) is 5.82 Å². The monoisotopic (exact) mass is 356 g/mol. The molecule has 1 atom stereocenters. The second-order valence-electron chi connectivity index (χ2n) is 6.10.